The highest BCUT2D eigenvalue weighted by Gasteiger charge is 2.13. The first-order chi connectivity index (χ1) is 10.5. The van der Waals surface area contributed by atoms with Gasteiger partial charge < -0.3 is 10.4 Å². The van der Waals surface area contributed by atoms with Crippen LogP contribution in [0.25, 0.3) is 5.76 Å². The monoisotopic (exact) mass is 359 g/mol. The van der Waals surface area contributed by atoms with Crippen molar-refractivity contribution < 1.29 is 14.7 Å². The number of aliphatic hydroxyl groups excluding tert-OH is 1. The second kappa shape index (κ2) is 7.04. The Morgan fingerprint density at radius 1 is 1.05 bits per heavy atom. The molecule has 112 valence electrons. The van der Waals surface area contributed by atoms with E-state index < -0.39 is 11.7 Å². The fourth-order valence-electron chi connectivity index (χ4n) is 1.72. The molecule has 0 radical (unpaired) electrons. The topological polar surface area (TPSA) is 66.4 Å². The lowest BCUT2D eigenvalue weighted by atomic mass is 10.1. The van der Waals surface area contributed by atoms with E-state index in [2.05, 4.69) is 21.2 Å². The van der Waals surface area contributed by atoms with Crippen molar-refractivity contribution in [2.45, 2.75) is 6.92 Å². The predicted octanol–water partition coefficient (Wildman–Crippen LogP) is 3.86. The van der Waals surface area contributed by atoms with Crippen LogP contribution in [0, 0.1) is 6.92 Å². The molecule has 5 heteroatoms. The number of halogens is 1. The minimum Gasteiger partial charge on any atom is -0.507 e. The summed E-state index contributed by atoms with van der Waals surface area (Å²) in [6.45, 7) is 1.93. The Bertz CT molecular complexity index is 719. The van der Waals surface area contributed by atoms with Crippen molar-refractivity contribution in [3.63, 3.8) is 0 Å². The quantitative estimate of drug-likeness (QED) is 0.494. The van der Waals surface area contributed by atoms with Gasteiger partial charge in [0.1, 0.15) is 5.76 Å². The molecule has 0 fully saturated rings. The number of benzene rings is 2. The van der Waals surface area contributed by atoms with Crippen molar-refractivity contribution in [3.8, 4) is 0 Å². The molecule has 22 heavy (non-hydrogen) atoms. The van der Waals surface area contributed by atoms with Gasteiger partial charge in [-0.25, -0.2) is 0 Å². The van der Waals surface area contributed by atoms with Crippen molar-refractivity contribution in [2.24, 2.45) is 0 Å². The number of aliphatic hydroxyl groups is 1. The van der Waals surface area contributed by atoms with E-state index in [1.54, 1.807) is 36.4 Å². The maximum absolute atomic E-state index is 11.8. The van der Waals surface area contributed by atoms with Gasteiger partial charge in [-0.3, -0.25) is 9.59 Å². The Hall–Kier alpha value is -2.40. The third kappa shape index (κ3) is 4.30. The molecule has 0 aliphatic rings. The summed E-state index contributed by atoms with van der Waals surface area (Å²) in [5.41, 5.74) is 2.04. The second-order valence-corrected chi connectivity index (χ2v) is 5.64. The zero-order chi connectivity index (χ0) is 16.1. The molecule has 0 aliphatic heterocycles. The molecule has 0 heterocycles. The van der Waals surface area contributed by atoms with Gasteiger partial charge in [-0.1, -0.05) is 45.8 Å². The van der Waals surface area contributed by atoms with E-state index in [9.17, 15) is 14.7 Å². The molecule has 0 spiro atoms. The van der Waals surface area contributed by atoms with Crippen LogP contribution in [0.5, 0.6) is 0 Å². The second-order valence-electron chi connectivity index (χ2n) is 4.72. The van der Waals surface area contributed by atoms with Crippen LogP contribution < -0.4 is 5.32 Å². The van der Waals surface area contributed by atoms with Gasteiger partial charge in [0.05, 0.1) is 0 Å². The number of rotatable bonds is 4. The highest BCUT2D eigenvalue weighted by molar-refractivity contribution is 9.10. The van der Waals surface area contributed by atoms with Crippen molar-refractivity contribution in [1.29, 1.82) is 0 Å². The summed E-state index contributed by atoms with van der Waals surface area (Å²) in [6, 6.07) is 13.8. The number of hydrogen-bond acceptors (Lipinski definition) is 3. The van der Waals surface area contributed by atoms with E-state index in [0.717, 1.165) is 16.1 Å². The summed E-state index contributed by atoms with van der Waals surface area (Å²) >= 11 is 3.28. The number of carbonyl (C=O) groups is 2. The van der Waals surface area contributed by atoms with Crippen LogP contribution in [0.15, 0.2) is 59.1 Å². The van der Waals surface area contributed by atoms with Gasteiger partial charge in [-0.15, -0.1) is 0 Å². The van der Waals surface area contributed by atoms with Crippen LogP contribution in [-0.4, -0.2) is 16.8 Å². The standard InChI is InChI=1S/C17H14BrNO3/c1-11-2-8-14(9-3-11)19-17(22)16(21)10-15(20)12-4-6-13(18)7-5-12/h2-10,20H,1H3,(H,19,22)/b15-10+. The number of nitrogens with one attached hydrogen (secondary N) is 1. The molecule has 2 rings (SSSR count). The Morgan fingerprint density at radius 2 is 1.64 bits per heavy atom. The zero-order valence-electron chi connectivity index (χ0n) is 11.8. The van der Waals surface area contributed by atoms with Gasteiger partial charge in [0.2, 0.25) is 5.78 Å². The van der Waals surface area contributed by atoms with E-state index >= 15 is 0 Å². The molecule has 0 unspecified atom stereocenters. The minimum absolute atomic E-state index is 0.253. The highest BCUT2D eigenvalue weighted by atomic mass is 79.9. The number of amides is 1. The predicted molar refractivity (Wildman–Crippen MR) is 89.6 cm³/mol. The van der Waals surface area contributed by atoms with Crippen LogP contribution in [0.2, 0.25) is 0 Å². The SMILES string of the molecule is Cc1ccc(NC(=O)C(=O)/C=C(/O)c2ccc(Br)cc2)cc1. The summed E-state index contributed by atoms with van der Waals surface area (Å²) in [5, 5.41) is 12.4. The zero-order valence-corrected chi connectivity index (χ0v) is 13.4. The van der Waals surface area contributed by atoms with E-state index in [1.807, 2.05) is 19.1 Å². The van der Waals surface area contributed by atoms with Gasteiger partial charge in [-0.2, -0.15) is 0 Å². The number of anilines is 1. The fraction of sp³-hybridized carbons (Fsp3) is 0.0588. The summed E-state index contributed by atoms with van der Waals surface area (Å²) in [6.07, 6.45) is 0.909. The van der Waals surface area contributed by atoms with Crippen molar-refractivity contribution in [3.05, 3.63) is 70.2 Å². The van der Waals surface area contributed by atoms with Crippen molar-refractivity contribution >= 4 is 39.1 Å². The average Bonchev–Trinajstić information content (AvgIpc) is 2.50. The van der Waals surface area contributed by atoms with Gasteiger partial charge in [0.25, 0.3) is 5.91 Å². The van der Waals surface area contributed by atoms with Gasteiger partial charge in [0.15, 0.2) is 0 Å². The van der Waals surface area contributed by atoms with Crippen LogP contribution in [0.4, 0.5) is 5.69 Å². The molecule has 2 aromatic carbocycles. The van der Waals surface area contributed by atoms with Gasteiger partial charge in [-0.05, 0) is 31.2 Å². The number of ketones is 1. The molecule has 0 saturated carbocycles. The van der Waals surface area contributed by atoms with E-state index in [4.69, 9.17) is 0 Å². The Labute approximate surface area is 136 Å². The van der Waals surface area contributed by atoms with Crippen molar-refractivity contribution in [2.75, 3.05) is 5.32 Å². The Kier molecular flexibility index (Phi) is 5.12. The molecule has 2 N–H and O–H groups in total. The number of hydrogen-bond donors (Lipinski definition) is 2. The number of aryl methyl sites for hydroxylation is 1. The lowest BCUT2D eigenvalue weighted by Gasteiger charge is -2.04. The van der Waals surface area contributed by atoms with Crippen LogP contribution in [0.3, 0.4) is 0 Å². The fourth-order valence-corrected chi connectivity index (χ4v) is 1.99. The van der Waals surface area contributed by atoms with E-state index in [-0.39, 0.29) is 5.76 Å². The Morgan fingerprint density at radius 3 is 2.23 bits per heavy atom. The summed E-state index contributed by atoms with van der Waals surface area (Å²) in [5.74, 6) is -1.87. The van der Waals surface area contributed by atoms with Crippen LogP contribution in [0.1, 0.15) is 11.1 Å². The average molecular weight is 360 g/mol. The van der Waals surface area contributed by atoms with Gasteiger partial charge >= 0.3 is 0 Å². The highest BCUT2D eigenvalue weighted by Crippen LogP contribution is 2.16. The summed E-state index contributed by atoms with van der Waals surface area (Å²) in [7, 11) is 0. The third-order valence-corrected chi connectivity index (χ3v) is 3.47. The first-order valence-corrected chi connectivity index (χ1v) is 7.33. The smallest absolute Gasteiger partial charge is 0.296 e. The molecular formula is C17H14BrNO3. The first kappa shape index (κ1) is 16.0. The maximum Gasteiger partial charge on any atom is 0.296 e. The molecule has 1 amide bonds. The van der Waals surface area contributed by atoms with Crippen molar-refractivity contribution in [1.82, 2.24) is 0 Å². The molecular weight excluding hydrogens is 346 g/mol. The Balaban J connectivity index is 2.07. The summed E-state index contributed by atoms with van der Waals surface area (Å²) < 4.78 is 0.854. The molecule has 4 nitrogen and oxygen atoms in total. The van der Waals surface area contributed by atoms with E-state index in [0.29, 0.717) is 11.3 Å². The minimum atomic E-state index is -0.819. The maximum atomic E-state index is 11.8. The molecule has 0 aromatic heterocycles. The van der Waals surface area contributed by atoms with Gasteiger partial charge in [0, 0.05) is 21.8 Å². The molecule has 2 aromatic rings. The third-order valence-electron chi connectivity index (χ3n) is 2.94. The molecule has 0 saturated heterocycles. The molecule has 0 aliphatic carbocycles. The normalized spacial score (nSPS) is 11.1. The number of carbonyl (C=O) groups excluding carboxylic acids is 2. The molecule has 0 atom stereocenters. The van der Waals surface area contributed by atoms with Crippen LogP contribution in [-0.2, 0) is 9.59 Å². The lowest BCUT2D eigenvalue weighted by Crippen LogP contribution is -2.21. The lowest BCUT2D eigenvalue weighted by molar-refractivity contribution is -0.131. The summed E-state index contributed by atoms with van der Waals surface area (Å²) in [4.78, 5) is 23.6. The first-order valence-electron chi connectivity index (χ1n) is 6.54. The van der Waals surface area contributed by atoms with E-state index in [1.165, 1.54) is 0 Å². The molecule has 0 bridgehead atoms. The largest absolute Gasteiger partial charge is 0.507 e. The van der Waals surface area contributed by atoms with Crippen LogP contribution >= 0.6 is 15.9 Å².